The van der Waals surface area contributed by atoms with Crippen LogP contribution < -0.4 is 5.32 Å². The number of hydrogen-bond donors (Lipinski definition) is 1. The Labute approximate surface area is 87.0 Å². The van der Waals surface area contributed by atoms with Gasteiger partial charge in [-0.2, -0.15) is 0 Å². The van der Waals surface area contributed by atoms with E-state index < -0.39 is 0 Å². The fourth-order valence-corrected chi connectivity index (χ4v) is 1.37. The third kappa shape index (κ3) is 1.79. The van der Waals surface area contributed by atoms with Gasteiger partial charge in [-0.15, -0.1) is 0 Å². The zero-order valence-electron chi connectivity index (χ0n) is 8.24. The van der Waals surface area contributed by atoms with Gasteiger partial charge in [0, 0.05) is 25.0 Å². The van der Waals surface area contributed by atoms with Crippen LogP contribution in [0.1, 0.15) is 0 Å². The number of nitrogens with zero attached hydrogens (tertiary/aromatic N) is 2. The third-order valence-corrected chi connectivity index (χ3v) is 2.06. The summed E-state index contributed by atoms with van der Waals surface area (Å²) >= 11 is 0. The summed E-state index contributed by atoms with van der Waals surface area (Å²) in [5.74, 6) is 0.275. The lowest BCUT2D eigenvalue weighted by Crippen LogP contribution is -1.98. The average molecular weight is 203 g/mol. The molecule has 0 aliphatic rings. The van der Waals surface area contributed by atoms with Crippen molar-refractivity contribution in [3.63, 3.8) is 0 Å². The second-order valence-corrected chi connectivity index (χ2v) is 2.98. The number of benzene rings is 1. The third-order valence-electron chi connectivity index (χ3n) is 2.06. The molecule has 0 bridgehead atoms. The standard InChI is InChI=1S/C11H10FN3/c1-13-11-10(14-6-7-15-11)8-4-2-3-5-9(8)12/h2-7H,1H3,(H,13,15). The first kappa shape index (κ1) is 9.58. The minimum absolute atomic E-state index is 0.297. The summed E-state index contributed by atoms with van der Waals surface area (Å²) in [4.78, 5) is 8.19. The minimum atomic E-state index is -0.297. The van der Waals surface area contributed by atoms with Gasteiger partial charge in [-0.1, -0.05) is 12.1 Å². The molecule has 3 nitrogen and oxygen atoms in total. The number of rotatable bonds is 2. The van der Waals surface area contributed by atoms with Crippen LogP contribution in [-0.4, -0.2) is 17.0 Å². The minimum Gasteiger partial charge on any atom is -0.371 e. The Bertz CT molecular complexity index is 471. The quantitative estimate of drug-likeness (QED) is 0.813. The Kier molecular flexibility index (Phi) is 2.58. The van der Waals surface area contributed by atoms with Crippen LogP contribution in [-0.2, 0) is 0 Å². The average Bonchev–Trinajstić information content (AvgIpc) is 2.30. The molecule has 76 valence electrons. The van der Waals surface area contributed by atoms with Crippen molar-refractivity contribution in [2.45, 2.75) is 0 Å². The fourth-order valence-electron chi connectivity index (χ4n) is 1.37. The predicted octanol–water partition coefficient (Wildman–Crippen LogP) is 2.32. The molecule has 0 aliphatic carbocycles. The van der Waals surface area contributed by atoms with Gasteiger partial charge >= 0.3 is 0 Å². The van der Waals surface area contributed by atoms with E-state index in [0.717, 1.165) is 0 Å². The second-order valence-electron chi connectivity index (χ2n) is 2.98. The highest BCUT2D eigenvalue weighted by atomic mass is 19.1. The van der Waals surface area contributed by atoms with E-state index in [-0.39, 0.29) is 5.82 Å². The van der Waals surface area contributed by atoms with Crippen LogP contribution in [0, 0.1) is 5.82 Å². The van der Waals surface area contributed by atoms with Crippen molar-refractivity contribution in [2.75, 3.05) is 12.4 Å². The molecular weight excluding hydrogens is 193 g/mol. The maximum atomic E-state index is 13.5. The molecule has 1 aromatic heterocycles. The number of anilines is 1. The van der Waals surface area contributed by atoms with E-state index in [9.17, 15) is 4.39 Å². The maximum absolute atomic E-state index is 13.5. The molecule has 15 heavy (non-hydrogen) atoms. The molecule has 1 heterocycles. The summed E-state index contributed by atoms with van der Waals surface area (Å²) < 4.78 is 13.5. The first-order chi connectivity index (χ1) is 7.33. The molecule has 0 fully saturated rings. The molecule has 0 saturated heterocycles. The van der Waals surface area contributed by atoms with Gasteiger partial charge in [0.1, 0.15) is 11.5 Å². The molecule has 0 amide bonds. The van der Waals surface area contributed by atoms with E-state index in [1.165, 1.54) is 6.07 Å². The molecule has 0 radical (unpaired) electrons. The van der Waals surface area contributed by atoms with Gasteiger partial charge in [-0.3, -0.25) is 4.98 Å². The summed E-state index contributed by atoms with van der Waals surface area (Å²) in [6.45, 7) is 0. The topological polar surface area (TPSA) is 37.8 Å². The Hall–Kier alpha value is -1.97. The van der Waals surface area contributed by atoms with Crippen molar-refractivity contribution in [1.29, 1.82) is 0 Å². The van der Waals surface area contributed by atoms with E-state index in [0.29, 0.717) is 17.1 Å². The molecule has 1 N–H and O–H groups in total. The van der Waals surface area contributed by atoms with E-state index in [1.54, 1.807) is 37.6 Å². The van der Waals surface area contributed by atoms with Gasteiger partial charge in [-0.05, 0) is 12.1 Å². The lowest BCUT2D eigenvalue weighted by Gasteiger charge is -2.06. The largest absolute Gasteiger partial charge is 0.371 e. The lowest BCUT2D eigenvalue weighted by molar-refractivity contribution is 0.630. The molecule has 0 saturated carbocycles. The van der Waals surface area contributed by atoms with Crippen LogP contribution >= 0.6 is 0 Å². The monoisotopic (exact) mass is 203 g/mol. The van der Waals surface area contributed by atoms with Crippen molar-refractivity contribution < 1.29 is 4.39 Å². The molecule has 0 spiro atoms. The highest BCUT2D eigenvalue weighted by Crippen LogP contribution is 2.25. The maximum Gasteiger partial charge on any atom is 0.152 e. The Morgan fingerprint density at radius 1 is 1.13 bits per heavy atom. The Morgan fingerprint density at radius 3 is 2.60 bits per heavy atom. The summed E-state index contributed by atoms with van der Waals surface area (Å²) in [7, 11) is 1.73. The van der Waals surface area contributed by atoms with E-state index in [4.69, 9.17) is 0 Å². The van der Waals surface area contributed by atoms with Crippen LogP contribution in [0.15, 0.2) is 36.7 Å². The first-order valence-electron chi connectivity index (χ1n) is 4.56. The van der Waals surface area contributed by atoms with Gasteiger partial charge in [0.15, 0.2) is 5.82 Å². The molecule has 1 aromatic carbocycles. The highest BCUT2D eigenvalue weighted by Gasteiger charge is 2.09. The predicted molar refractivity (Wildman–Crippen MR) is 57.0 cm³/mol. The zero-order chi connectivity index (χ0) is 10.7. The number of halogens is 1. The SMILES string of the molecule is CNc1nccnc1-c1ccccc1F. The lowest BCUT2D eigenvalue weighted by atomic mass is 10.1. The van der Waals surface area contributed by atoms with Crippen molar-refractivity contribution in [3.8, 4) is 11.3 Å². The van der Waals surface area contributed by atoms with Crippen LogP contribution in [0.4, 0.5) is 10.2 Å². The Morgan fingerprint density at radius 2 is 1.87 bits per heavy atom. The van der Waals surface area contributed by atoms with E-state index >= 15 is 0 Å². The number of nitrogens with one attached hydrogen (secondary N) is 1. The molecule has 0 unspecified atom stereocenters. The second kappa shape index (κ2) is 4.04. The van der Waals surface area contributed by atoms with Crippen molar-refractivity contribution >= 4 is 5.82 Å². The summed E-state index contributed by atoms with van der Waals surface area (Å²) in [6, 6.07) is 6.50. The van der Waals surface area contributed by atoms with E-state index in [1.807, 2.05) is 0 Å². The fraction of sp³-hybridized carbons (Fsp3) is 0.0909. The van der Waals surface area contributed by atoms with Crippen LogP contribution in [0.25, 0.3) is 11.3 Å². The summed E-state index contributed by atoms with van der Waals surface area (Å²) in [5, 5.41) is 2.88. The number of hydrogen-bond acceptors (Lipinski definition) is 3. The molecule has 0 atom stereocenters. The molecular formula is C11H10FN3. The molecule has 4 heteroatoms. The summed E-state index contributed by atoms with van der Waals surface area (Å²) in [6.07, 6.45) is 3.11. The summed E-state index contributed by atoms with van der Waals surface area (Å²) in [5.41, 5.74) is 0.980. The first-order valence-corrected chi connectivity index (χ1v) is 4.56. The van der Waals surface area contributed by atoms with Crippen LogP contribution in [0.3, 0.4) is 0 Å². The van der Waals surface area contributed by atoms with Crippen molar-refractivity contribution in [3.05, 3.63) is 42.5 Å². The van der Waals surface area contributed by atoms with Gasteiger partial charge < -0.3 is 5.32 Å². The normalized spacial score (nSPS) is 10.0. The van der Waals surface area contributed by atoms with Gasteiger partial charge in [0.05, 0.1) is 0 Å². The molecule has 0 aliphatic heterocycles. The van der Waals surface area contributed by atoms with E-state index in [2.05, 4.69) is 15.3 Å². The molecule has 2 rings (SSSR count). The van der Waals surface area contributed by atoms with Gasteiger partial charge in [0.2, 0.25) is 0 Å². The van der Waals surface area contributed by atoms with Gasteiger partial charge in [0.25, 0.3) is 0 Å². The van der Waals surface area contributed by atoms with Crippen LogP contribution in [0.2, 0.25) is 0 Å². The van der Waals surface area contributed by atoms with Gasteiger partial charge in [-0.25, -0.2) is 9.37 Å². The van der Waals surface area contributed by atoms with Crippen LogP contribution in [0.5, 0.6) is 0 Å². The zero-order valence-corrected chi connectivity index (χ0v) is 8.24. The highest BCUT2D eigenvalue weighted by molar-refractivity contribution is 5.71. The molecule has 2 aromatic rings. The van der Waals surface area contributed by atoms with Crippen molar-refractivity contribution in [1.82, 2.24) is 9.97 Å². The van der Waals surface area contributed by atoms with Crippen molar-refractivity contribution in [2.24, 2.45) is 0 Å². The number of aromatic nitrogens is 2. The Balaban J connectivity index is 2.59. The smallest absolute Gasteiger partial charge is 0.152 e.